The number of carbonyl (C=O) groups excluding carboxylic acids is 1. The summed E-state index contributed by atoms with van der Waals surface area (Å²) in [6, 6.07) is 19.4. The Labute approximate surface area is 130 Å². The highest BCUT2D eigenvalue weighted by atomic mass is 16.2. The number of para-hydroxylation sites is 2. The van der Waals surface area contributed by atoms with E-state index in [-0.39, 0.29) is 5.91 Å². The van der Waals surface area contributed by atoms with Crippen molar-refractivity contribution in [3.8, 4) is 0 Å². The standard InChI is InChI=1S/C18H17N3O/c1-14-17(13-20(2)15-9-5-3-6-10-15)18(22)21(19-14)16-11-7-4-8-12-16/h3-13H,1-2H3/b17-13+. The van der Waals surface area contributed by atoms with Crippen molar-refractivity contribution in [3.05, 3.63) is 72.4 Å². The molecule has 0 bridgehead atoms. The van der Waals surface area contributed by atoms with Crippen molar-refractivity contribution in [2.24, 2.45) is 5.10 Å². The van der Waals surface area contributed by atoms with E-state index in [1.54, 1.807) is 0 Å². The first-order valence-electron chi connectivity index (χ1n) is 7.11. The number of hydrazone groups is 1. The van der Waals surface area contributed by atoms with E-state index in [4.69, 9.17) is 0 Å². The Morgan fingerprint density at radius 1 is 1.00 bits per heavy atom. The maximum absolute atomic E-state index is 12.6. The molecule has 1 amide bonds. The highest BCUT2D eigenvalue weighted by molar-refractivity contribution is 6.29. The SMILES string of the molecule is CC1=NN(c2ccccc2)C(=O)/C1=C/N(C)c1ccccc1. The van der Waals surface area contributed by atoms with Crippen LogP contribution in [0.5, 0.6) is 0 Å². The average Bonchev–Trinajstić information content (AvgIpc) is 2.84. The van der Waals surface area contributed by atoms with Crippen LogP contribution in [0.25, 0.3) is 0 Å². The molecule has 2 aromatic carbocycles. The number of rotatable bonds is 3. The van der Waals surface area contributed by atoms with Gasteiger partial charge in [-0.3, -0.25) is 4.79 Å². The summed E-state index contributed by atoms with van der Waals surface area (Å²) in [5.74, 6) is -0.105. The van der Waals surface area contributed by atoms with Gasteiger partial charge in [0.05, 0.1) is 17.0 Å². The lowest BCUT2D eigenvalue weighted by molar-refractivity contribution is -0.114. The Balaban J connectivity index is 1.89. The fraction of sp³-hybridized carbons (Fsp3) is 0.111. The van der Waals surface area contributed by atoms with E-state index in [9.17, 15) is 4.79 Å². The van der Waals surface area contributed by atoms with Crippen molar-refractivity contribution >= 4 is 23.0 Å². The monoisotopic (exact) mass is 291 g/mol. The Morgan fingerprint density at radius 3 is 2.23 bits per heavy atom. The summed E-state index contributed by atoms with van der Waals surface area (Å²) in [6.45, 7) is 1.85. The van der Waals surface area contributed by atoms with E-state index in [0.717, 1.165) is 17.1 Å². The van der Waals surface area contributed by atoms with Gasteiger partial charge in [0, 0.05) is 18.9 Å². The lowest BCUT2D eigenvalue weighted by Crippen LogP contribution is -2.23. The third-order valence-corrected chi connectivity index (χ3v) is 3.55. The number of hydrogen-bond acceptors (Lipinski definition) is 3. The molecule has 0 saturated heterocycles. The van der Waals surface area contributed by atoms with Crippen molar-refractivity contribution in [3.63, 3.8) is 0 Å². The zero-order chi connectivity index (χ0) is 15.5. The van der Waals surface area contributed by atoms with Crippen LogP contribution in [0.3, 0.4) is 0 Å². The van der Waals surface area contributed by atoms with Crippen LogP contribution < -0.4 is 9.91 Å². The summed E-state index contributed by atoms with van der Waals surface area (Å²) >= 11 is 0. The van der Waals surface area contributed by atoms with Gasteiger partial charge in [-0.2, -0.15) is 10.1 Å². The molecule has 0 atom stereocenters. The van der Waals surface area contributed by atoms with Crippen LogP contribution in [0.1, 0.15) is 6.92 Å². The minimum absolute atomic E-state index is 0.105. The van der Waals surface area contributed by atoms with Crippen molar-refractivity contribution in [1.82, 2.24) is 0 Å². The van der Waals surface area contributed by atoms with Crippen LogP contribution in [-0.2, 0) is 4.79 Å². The Bertz CT molecular complexity index is 735. The van der Waals surface area contributed by atoms with Crippen molar-refractivity contribution in [1.29, 1.82) is 0 Å². The molecule has 110 valence electrons. The fourth-order valence-corrected chi connectivity index (χ4v) is 2.34. The summed E-state index contributed by atoms with van der Waals surface area (Å²) < 4.78 is 0. The molecule has 1 aliphatic heterocycles. The normalized spacial score (nSPS) is 16.1. The maximum Gasteiger partial charge on any atom is 0.282 e. The topological polar surface area (TPSA) is 35.9 Å². The molecule has 0 spiro atoms. The third kappa shape index (κ3) is 2.63. The Morgan fingerprint density at radius 2 is 1.59 bits per heavy atom. The second kappa shape index (κ2) is 5.85. The molecule has 1 heterocycles. The van der Waals surface area contributed by atoms with Gasteiger partial charge in [0.1, 0.15) is 0 Å². The molecule has 0 N–H and O–H groups in total. The highest BCUT2D eigenvalue weighted by Gasteiger charge is 2.29. The van der Waals surface area contributed by atoms with Gasteiger partial charge in [-0.1, -0.05) is 36.4 Å². The van der Waals surface area contributed by atoms with Crippen LogP contribution in [-0.4, -0.2) is 18.7 Å². The predicted octanol–water partition coefficient (Wildman–Crippen LogP) is 3.43. The van der Waals surface area contributed by atoms with Gasteiger partial charge in [0.2, 0.25) is 0 Å². The van der Waals surface area contributed by atoms with Crippen molar-refractivity contribution < 1.29 is 4.79 Å². The van der Waals surface area contributed by atoms with E-state index in [2.05, 4.69) is 5.10 Å². The van der Waals surface area contributed by atoms with Gasteiger partial charge >= 0.3 is 0 Å². The zero-order valence-electron chi connectivity index (χ0n) is 12.6. The van der Waals surface area contributed by atoms with Gasteiger partial charge in [0.15, 0.2) is 0 Å². The quantitative estimate of drug-likeness (QED) is 0.812. The second-order valence-corrected chi connectivity index (χ2v) is 5.13. The Hall–Kier alpha value is -2.88. The molecule has 2 aromatic rings. The summed E-state index contributed by atoms with van der Waals surface area (Å²) in [5, 5.41) is 5.82. The molecule has 0 aliphatic carbocycles. The average molecular weight is 291 g/mol. The van der Waals surface area contributed by atoms with Gasteiger partial charge < -0.3 is 4.90 Å². The van der Waals surface area contributed by atoms with Crippen LogP contribution in [0.4, 0.5) is 11.4 Å². The summed E-state index contributed by atoms with van der Waals surface area (Å²) in [6.07, 6.45) is 1.83. The van der Waals surface area contributed by atoms with Gasteiger partial charge in [-0.05, 0) is 31.2 Å². The molecule has 0 aromatic heterocycles. The predicted molar refractivity (Wildman–Crippen MR) is 90.0 cm³/mol. The molecule has 3 rings (SSSR count). The molecule has 22 heavy (non-hydrogen) atoms. The molecular weight excluding hydrogens is 274 g/mol. The lowest BCUT2D eigenvalue weighted by Gasteiger charge is -2.15. The fourth-order valence-electron chi connectivity index (χ4n) is 2.34. The smallest absolute Gasteiger partial charge is 0.282 e. The molecule has 4 heteroatoms. The van der Waals surface area contributed by atoms with E-state index in [0.29, 0.717) is 5.57 Å². The van der Waals surface area contributed by atoms with Crippen molar-refractivity contribution in [2.45, 2.75) is 6.92 Å². The second-order valence-electron chi connectivity index (χ2n) is 5.13. The first-order valence-corrected chi connectivity index (χ1v) is 7.11. The van der Waals surface area contributed by atoms with E-state index in [1.807, 2.05) is 85.7 Å². The zero-order valence-corrected chi connectivity index (χ0v) is 12.6. The number of hydrogen-bond donors (Lipinski definition) is 0. The Kier molecular flexibility index (Phi) is 3.74. The summed E-state index contributed by atoms with van der Waals surface area (Å²) in [7, 11) is 1.92. The molecule has 0 fully saturated rings. The molecule has 0 saturated carbocycles. The molecule has 0 radical (unpaired) electrons. The van der Waals surface area contributed by atoms with E-state index < -0.39 is 0 Å². The van der Waals surface area contributed by atoms with E-state index >= 15 is 0 Å². The minimum Gasteiger partial charge on any atom is -0.350 e. The van der Waals surface area contributed by atoms with Crippen LogP contribution >= 0.6 is 0 Å². The number of anilines is 2. The van der Waals surface area contributed by atoms with Crippen molar-refractivity contribution in [2.75, 3.05) is 17.0 Å². The van der Waals surface area contributed by atoms with Crippen LogP contribution in [0.2, 0.25) is 0 Å². The number of benzene rings is 2. The molecular formula is C18H17N3O. The highest BCUT2D eigenvalue weighted by Crippen LogP contribution is 2.24. The van der Waals surface area contributed by atoms with Gasteiger partial charge in [0.25, 0.3) is 5.91 Å². The van der Waals surface area contributed by atoms with Crippen LogP contribution in [0.15, 0.2) is 77.5 Å². The molecule has 1 aliphatic rings. The molecule has 0 unspecified atom stereocenters. The van der Waals surface area contributed by atoms with Crippen LogP contribution in [0, 0.1) is 0 Å². The molecule has 4 nitrogen and oxygen atoms in total. The maximum atomic E-state index is 12.6. The van der Waals surface area contributed by atoms with E-state index in [1.165, 1.54) is 5.01 Å². The first kappa shape index (κ1) is 14.1. The first-order chi connectivity index (χ1) is 10.7. The number of carbonyl (C=O) groups is 1. The van der Waals surface area contributed by atoms with Gasteiger partial charge in [-0.25, -0.2) is 0 Å². The summed E-state index contributed by atoms with van der Waals surface area (Å²) in [4.78, 5) is 14.5. The third-order valence-electron chi connectivity index (χ3n) is 3.55. The van der Waals surface area contributed by atoms with Gasteiger partial charge in [-0.15, -0.1) is 0 Å². The minimum atomic E-state index is -0.105. The lowest BCUT2D eigenvalue weighted by atomic mass is 10.2. The summed E-state index contributed by atoms with van der Waals surface area (Å²) in [5.41, 5.74) is 3.12. The number of amides is 1. The number of nitrogens with zero attached hydrogens (tertiary/aromatic N) is 3. The largest absolute Gasteiger partial charge is 0.350 e.